The lowest BCUT2D eigenvalue weighted by Gasteiger charge is -2.05. The van der Waals surface area contributed by atoms with Gasteiger partial charge in [0.1, 0.15) is 10.7 Å². The molecule has 0 aromatic carbocycles. The van der Waals surface area contributed by atoms with Crippen molar-refractivity contribution >= 4 is 17.2 Å². The summed E-state index contributed by atoms with van der Waals surface area (Å²) in [6.07, 6.45) is 4.24. The van der Waals surface area contributed by atoms with Crippen LogP contribution in [-0.4, -0.2) is 20.0 Å². The molecule has 1 rings (SSSR count). The van der Waals surface area contributed by atoms with Crippen LogP contribution < -0.4 is 5.73 Å². The predicted octanol–water partition coefficient (Wildman–Crippen LogP) is 1.66. The Morgan fingerprint density at radius 3 is 2.67 bits per heavy atom. The normalized spacial score (nSPS) is 10.5. The molecule has 0 aliphatic rings. The Bertz CT molecular complexity index is 332. The summed E-state index contributed by atoms with van der Waals surface area (Å²) in [4.78, 5) is 0.348. The first kappa shape index (κ1) is 12.1. The van der Waals surface area contributed by atoms with Crippen LogP contribution in [0.15, 0.2) is 0 Å². The Morgan fingerprint density at radius 1 is 1.40 bits per heavy atom. The maximum atomic E-state index is 5.60. The van der Waals surface area contributed by atoms with Gasteiger partial charge in [-0.05, 0) is 12.8 Å². The fraction of sp³-hybridized carbons (Fsp3) is 0.700. The first-order valence-corrected chi connectivity index (χ1v) is 5.83. The lowest BCUT2D eigenvalue weighted by molar-refractivity contribution is 0.531. The van der Waals surface area contributed by atoms with Gasteiger partial charge in [0, 0.05) is 6.54 Å². The molecule has 0 spiro atoms. The van der Waals surface area contributed by atoms with Crippen molar-refractivity contribution in [3.8, 4) is 0 Å². The molecule has 15 heavy (non-hydrogen) atoms. The Hall–Kier alpha value is -0.970. The summed E-state index contributed by atoms with van der Waals surface area (Å²) < 4.78 is 1.93. The van der Waals surface area contributed by atoms with Crippen molar-refractivity contribution in [1.29, 1.82) is 0 Å². The molecule has 0 saturated heterocycles. The molecule has 5 heteroatoms. The highest BCUT2D eigenvalue weighted by molar-refractivity contribution is 7.80. The molecule has 0 unspecified atom stereocenters. The van der Waals surface area contributed by atoms with Crippen molar-refractivity contribution in [2.24, 2.45) is 5.73 Å². The van der Waals surface area contributed by atoms with Crippen LogP contribution in [0.25, 0.3) is 0 Å². The van der Waals surface area contributed by atoms with E-state index in [0.29, 0.717) is 10.7 Å². The molecule has 1 aromatic rings. The van der Waals surface area contributed by atoms with Crippen molar-refractivity contribution in [3.05, 3.63) is 11.4 Å². The van der Waals surface area contributed by atoms with Gasteiger partial charge in [-0.1, -0.05) is 44.1 Å². The van der Waals surface area contributed by atoms with Gasteiger partial charge < -0.3 is 5.73 Å². The largest absolute Gasteiger partial charge is 0.388 e. The third kappa shape index (κ3) is 2.99. The smallest absolute Gasteiger partial charge is 0.143 e. The first-order chi connectivity index (χ1) is 7.20. The topological polar surface area (TPSA) is 56.7 Å². The minimum Gasteiger partial charge on any atom is -0.388 e. The number of hydrogen-bond donors (Lipinski definition) is 1. The van der Waals surface area contributed by atoms with Crippen LogP contribution in [0, 0.1) is 0 Å². The van der Waals surface area contributed by atoms with Crippen LogP contribution in [0.2, 0.25) is 0 Å². The number of rotatable bonds is 6. The van der Waals surface area contributed by atoms with Crippen molar-refractivity contribution in [2.45, 2.75) is 46.1 Å². The van der Waals surface area contributed by atoms with Gasteiger partial charge in [0.25, 0.3) is 0 Å². The van der Waals surface area contributed by atoms with Crippen LogP contribution >= 0.6 is 12.2 Å². The maximum Gasteiger partial charge on any atom is 0.143 e. The van der Waals surface area contributed by atoms with E-state index in [9.17, 15) is 0 Å². The van der Waals surface area contributed by atoms with E-state index in [1.54, 1.807) is 0 Å². The highest BCUT2D eigenvalue weighted by atomic mass is 32.1. The SMILES string of the molecule is CCCCn1nnc(C(N)=S)c1CCC. The van der Waals surface area contributed by atoms with Crippen LogP contribution in [0.5, 0.6) is 0 Å². The summed E-state index contributed by atoms with van der Waals surface area (Å²) in [6.45, 7) is 5.19. The summed E-state index contributed by atoms with van der Waals surface area (Å²) in [5.41, 5.74) is 7.38. The Balaban J connectivity index is 2.90. The van der Waals surface area contributed by atoms with Crippen LogP contribution in [0.4, 0.5) is 0 Å². The van der Waals surface area contributed by atoms with E-state index in [4.69, 9.17) is 18.0 Å². The average molecular weight is 226 g/mol. The van der Waals surface area contributed by atoms with Crippen LogP contribution in [-0.2, 0) is 13.0 Å². The second kappa shape index (κ2) is 5.80. The molecule has 2 N–H and O–H groups in total. The molecule has 84 valence electrons. The molecular formula is C10H18N4S. The van der Waals surface area contributed by atoms with E-state index in [2.05, 4.69) is 24.2 Å². The maximum absolute atomic E-state index is 5.60. The second-order valence-electron chi connectivity index (χ2n) is 3.58. The summed E-state index contributed by atoms with van der Waals surface area (Å²) in [7, 11) is 0. The zero-order chi connectivity index (χ0) is 11.3. The zero-order valence-corrected chi connectivity index (χ0v) is 10.2. The van der Waals surface area contributed by atoms with E-state index in [-0.39, 0.29) is 0 Å². The average Bonchev–Trinajstić information content (AvgIpc) is 2.59. The van der Waals surface area contributed by atoms with E-state index in [1.807, 2.05) is 4.68 Å². The minimum atomic E-state index is 0.348. The Labute approximate surface area is 95.8 Å². The van der Waals surface area contributed by atoms with Crippen molar-refractivity contribution in [3.63, 3.8) is 0 Å². The molecule has 4 nitrogen and oxygen atoms in total. The molecule has 0 aliphatic heterocycles. The second-order valence-corrected chi connectivity index (χ2v) is 4.02. The Morgan fingerprint density at radius 2 is 2.13 bits per heavy atom. The number of aromatic nitrogens is 3. The van der Waals surface area contributed by atoms with Crippen molar-refractivity contribution < 1.29 is 0 Å². The third-order valence-electron chi connectivity index (χ3n) is 2.28. The predicted molar refractivity (Wildman–Crippen MR) is 64.8 cm³/mol. The summed E-state index contributed by atoms with van der Waals surface area (Å²) in [6, 6.07) is 0. The van der Waals surface area contributed by atoms with E-state index >= 15 is 0 Å². The van der Waals surface area contributed by atoms with Crippen LogP contribution in [0.3, 0.4) is 0 Å². The van der Waals surface area contributed by atoms with E-state index < -0.39 is 0 Å². The standard InChI is InChI=1S/C10H18N4S/c1-3-5-7-14-8(6-4-2)9(10(11)15)12-13-14/h3-7H2,1-2H3,(H2,11,15). The number of nitrogens with zero attached hydrogens (tertiary/aromatic N) is 3. The number of aryl methyl sites for hydroxylation is 1. The first-order valence-electron chi connectivity index (χ1n) is 5.42. The fourth-order valence-corrected chi connectivity index (χ4v) is 1.65. The molecule has 1 heterocycles. The lowest BCUT2D eigenvalue weighted by atomic mass is 10.2. The molecule has 1 aromatic heterocycles. The molecule has 0 fully saturated rings. The fourth-order valence-electron chi connectivity index (χ4n) is 1.50. The molecule has 0 bridgehead atoms. The van der Waals surface area contributed by atoms with Gasteiger partial charge in [-0.15, -0.1) is 5.10 Å². The van der Waals surface area contributed by atoms with E-state index in [1.165, 1.54) is 0 Å². The van der Waals surface area contributed by atoms with E-state index in [0.717, 1.165) is 37.9 Å². The lowest BCUT2D eigenvalue weighted by Crippen LogP contribution is -2.14. The van der Waals surface area contributed by atoms with Gasteiger partial charge in [0.2, 0.25) is 0 Å². The molecule has 0 amide bonds. The van der Waals surface area contributed by atoms with Gasteiger partial charge in [0.05, 0.1) is 5.69 Å². The molecule has 0 saturated carbocycles. The highest BCUT2D eigenvalue weighted by Crippen LogP contribution is 2.09. The summed E-state index contributed by atoms with van der Waals surface area (Å²) >= 11 is 4.95. The summed E-state index contributed by atoms with van der Waals surface area (Å²) in [5.74, 6) is 0. The molecule has 0 atom stereocenters. The van der Waals surface area contributed by atoms with Gasteiger partial charge in [0.15, 0.2) is 0 Å². The van der Waals surface area contributed by atoms with Crippen molar-refractivity contribution in [2.75, 3.05) is 0 Å². The number of unbranched alkanes of at least 4 members (excludes halogenated alkanes) is 1. The van der Waals surface area contributed by atoms with Crippen molar-refractivity contribution in [1.82, 2.24) is 15.0 Å². The third-order valence-corrected chi connectivity index (χ3v) is 2.47. The zero-order valence-electron chi connectivity index (χ0n) is 9.36. The number of nitrogens with two attached hydrogens (primary N) is 1. The quantitative estimate of drug-likeness (QED) is 0.750. The number of thiocarbonyl (C=S) groups is 1. The van der Waals surface area contributed by atoms with Crippen LogP contribution in [0.1, 0.15) is 44.5 Å². The van der Waals surface area contributed by atoms with Gasteiger partial charge in [-0.25, -0.2) is 4.68 Å². The monoisotopic (exact) mass is 226 g/mol. The van der Waals surface area contributed by atoms with Gasteiger partial charge >= 0.3 is 0 Å². The van der Waals surface area contributed by atoms with Gasteiger partial charge in [-0.2, -0.15) is 0 Å². The number of hydrogen-bond acceptors (Lipinski definition) is 3. The highest BCUT2D eigenvalue weighted by Gasteiger charge is 2.13. The summed E-state index contributed by atoms with van der Waals surface area (Å²) in [5, 5.41) is 8.13. The van der Waals surface area contributed by atoms with Gasteiger partial charge in [-0.3, -0.25) is 0 Å². The molecule has 0 aliphatic carbocycles. The Kier molecular flexibility index (Phi) is 4.68. The minimum absolute atomic E-state index is 0.348. The molecule has 0 radical (unpaired) electrons. The molecular weight excluding hydrogens is 208 g/mol.